The van der Waals surface area contributed by atoms with Crippen molar-refractivity contribution in [3.63, 3.8) is 0 Å². The molecule has 1 aromatic carbocycles. The highest BCUT2D eigenvalue weighted by atomic mass is 16.1. The molecule has 0 spiro atoms. The Bertz CT molecular complexity index is 789. The van der Waals surface area contributed by atoms with Crippen molar-refractivity contribution in [3.8, 4) is 0 Å². The summed E-state index contributed by atoms with van der Waals surface area (Å²) in [4.78, 5) is 21.0. The minimum Gasteiger partial charge on any atom is -0.338 e. The van der Waals surface area contributed by atoms with Crippen molar-refractivity contribution >= 4 is 16.7 Å². The summed E-state index contributed by atoms with van der Waals surface area (Å²) in [5.41, 5.74) is 2.43. The van der Waals surface area contributed by atoms with E-state index in [2.05, 4.69) is 9.97 Å². The van der Waals surface area contributed by atoms with Crippen LogP contribution in [0.25, 0.3) is 10.9 Å². The van der Waals surface area contributed by atoms with E-state index in [4.69, 9.17) is 0 Å². The maximum absolute atomic E-state index is 12.3. The highest BCUT2D eigenvalue weighted by molar-refractivity contribution is 5.98. The molecular weight excluding hydrogens is 250 g/mol. The van der Waals surface area contributed by atoms with Crippen LogP contribution in [0.1, 0.15) is 21.9 Å². The summed E-state index contributed by atoms with van der Waals surface area (Å²) >= 11 is 0. The number of ketones is 1. The Balaban J connectivity index is 1.98. The number of Topliss-reactive ketones (excluding diaryl/α,β-unsaturated/α-hetero) is 1. The maximum Gasteiger partial charge on any atom is 0.188 e. The van der Waals surface area contributed by atoms with Gasteiger partial charge in [-0.1, -0.05) is 18.2 Å². The first kappa shape index (κ1) is 12.5. The first-order chi connectivity index (χ1) is 9.65. The number of para-hydroxylation sites is 1. The van der Waals surface area contributed by atoms with Gasteiger partial charge in [-0.2, -0.15) is 0 Å². The van der Waals surface area contributed by atoms with E-state index >= 15 is 0 Å². The smallest absolute Gasteiger partial charge is 0.188 e. The van der Waals surface area contributed by atoms with Crippen LogP contribution in [-0.4, -0.2) is 20.3 Å². The monoisotopic (exact) mass is 265 g/mol. The summed E-state index contributed by atoms with van der Waals surface area (Å²) in [7, 11) is 1.88. The number of carbonyl (C=O) groups is 1. The molecule has 0 atom stereocenters. The van der Waals surface area contributed by atoms with Crippen molar-refractivity contribution < 1.29 is 4.79 Å². The summed E-state index contributed by atoms with van der Waals surface area (Å²) in [6, 6.07) is 9.71. The Morgan fingerprint density at radius 3 is 2.85 bits per heavy atom. The number of aromatic nitrogens is 3. The van der Waals surface area contributed by atoms with E-state index in [0.29, 0.717) is 5.69 Å². The van der Waals surface area contributed by atoms with Crippen LogP contribution in [0.3, 0.4) is 0 Å². The van der Waals surface area contributed by atoms with Crippen molar-refractivity contribution in [2.75, 3.05) is 0 Å². The van der Waals surface area contributed by atoms with Crippen LogP contribution in [0.2, 0.25) is 0 Å². The SMILES string of the molecule is Cc1cc(C(=O)Cc2nccn2C)nc2ccccc12. The fourth-order valence-corrected chi connectivity index (χ4v) is 2.29. The Hall–Kier alpha value is -2.49. The van der Waals surface area contributed by atoms with Gasteiger partial charge in [0.25, 0.3) is 0 Å². The Morgan fingerprint density at radius 1 is 1.30 bits per heavy atom. The number of benzene rings is 1. The van der Waals surface area contributed by atoms with Crippen LogP contribution in [0.4, 0.5) is 0 Å². The topological polar surface area (TPSA) is 47.8 Å². The number of rotatable bonds is 3. The average Bonchev–Trinajstić information content (AvgIpc) is 2.84. The molecule has 0 saturated heterocycles. The largest absolute Gasteiger partial charge is 0.338 e. The first-order valence-electron chi connectivity index (χ1n) is 6.51. The van der Waals surface area contributed by atoms with E-state index in [1.807, 2.05) is 55.1 Å². The normalized spacial score (nSPS) is 10.9. The highest BCUT2D eigenvalue weighted by Crippen LogP contribution is 2.18. The number of carbonyl (C=O) groups excluding carboxylic acids is 1. The summed E-state index contributed by atoms with van der Waals surface area (Å²) in [5, 5.41) is 1.08. The van der Waals surface area contributed by atoms with Crippen LogP contribution >= 0.6 is 0 Å². The zero-order valence-corrected chi connectivity index (χ0v) is 11.5. The van der Waals surface area contributed by atoms with Crippen molar-refractivity contribution in [1.82, 2.24) is 14.5 Å². The van der Waals surface area contributed by atoms with Crippen LogP contribution in [0.5, 0.6) is 0 Å². The lowest BCUT2D eigenvalue weighted by Crippen LogP contribution is -2.10. The molecule has 2 heterocycles. The number of pyridine rings is 1. The van der Waals surface area contributed by atoms with E-state index < -0.39 is 0 Å². The van der Waals surface area contributed by atoms with E-state index in [0.717, 1.165) is 22.3 Å². The van der Waals surface area contributed by atoms with E-state index in [1.165, 1.54) is 0 Å². The van der Waals surface area contributed by atoms with Gasteiger partial charge in [-0.3, -0.25) is 4.79 Å². The average molecular weight is 265 g/mol. The number of imidazole rings is 1. The van der Waals surface area contributed by atoms with Gasteiger partial charge in [0, 0.05) is 24.8 Å². The lowest BCUT2D eigenvalue weighted by molar-refractivity contribution is 0.0985. The first-order valence-corrected chi connectivity index (χ1v) is 6.51. The van der Waals surface area contributed by atoms with Gasteiger partial charge in [0.15, 0.2) is 5.78 Å². The number of aryl methyl sites for hydroxylation is 2. The molecule has 0 N–H and O–H groups in total. The third-order valence-corrected chi connectivity index (χ3v) is 3.45. The summed E-state index contributed by atoms with van der Waals surface area (Å²) in [6.07, 6.45) is 3.80. The summed E-state index contributed by atoms with van der Waals surface area (Å²) in [6.45, 7) is 2.00. The molecule has 4 heteroatoms. The lowest BCUT2D eigenvalue weighted by Gasteiger charge is -2.06. The molecule has 4 nitrogen and oxygen atoms in total. The van der Waals surface area contributed by atoms with Crippen molar-refractivity contribution in [2.24, 2.45) is 7.05 Å². The number of hydrogen-bond acceptors (Lipinski definition) is 3. The van der Waals surface area contributed by atoms with Gasteiger partial charge in [0.05, 0.1) is 11.9 Å². The standard InChI is InChI=1S/C16H15N3O/c1-11-9-14(18-13-6-4-3-5-12(11)13)15(20)10-16-17-7-8-19(16)2/h3-9H,10H2,1-2H3. The van der Waals surface area contributed by atoms with Crippen LogP contribution in [0.15, 0.2) is 42.7 Å². The van der Waals surface area contributed by atoms with E-state index in [-0.39, 0.29) is 12.2 Å². The Morgan fingerprint density at radius 2 is 2.10 bits per heavy atom. The van der Waals surface area contributed by atoms with Gasteiger partial charge in [-0.05, 0) is 24.6 Å². The molecule has 0 aliphatic rings. The molecule has 0 saturated carbocycles. The van der Waals surface area contributed by atoms with Gasteiger partial charge in [-0.15, -0.1) is 0 Å². The number of hydrogen-bond donors (Lipinski definition) is 0. The predicted octanol–water partition coefficient (Wildman–Crippen LogP) is 2.70. The molecule has 3 aromatic rings. The quantitative estimate of drug-likeness (QED) is 0.684. The molecule has 0 radical (unpaired) electrons. The van der Waals surface area contributed by atoms with Crippen molar-refractivity contribution in [1.29, 1.82) is 0 Å². The molecule has 0 aliphatic carbocycles. The minimum absolute atomic E-state index is 0.00634. The summed E-state index contributed by atoms with van der Waals surface area (Å²) < 4.78 is 1.85. The maximum atomic E-state index is 12.3. The molecule has 0 aliphatic heterocycles. The fraction of sp³-hybridized carbons (Fsp3) is 0.188. The number of nitrogens with zero attached hydrogens (tertiary/aromatic N) is 3. The van der Waals surface area contributed by atoms with Gasteiger partial charge in [0.2, 0.25) is 0 Å². The molecule has 20 heavy (non-hydrogen) atoms. The minimum atomic E-state index is -0.00634. The Kier molecular flexibility index (Phi) is 3.06. The molecule has 2 aromatic heterocycles. The molecule has 3 rings (SSSR count). The lowest BCUT2D eigenvalue weighted by atomic mass is 10.1. The molecule has 0 unspecified atom stereocenters. The zero-order chi connectivity index (χ0) is 14.1. The van der Waals surface area contributed by atoms with Gasteiger partial charge >= 0.3 is 0 Å². The number of fused-ring (bicyclic) bond motifs is 1. The second-order valence-electron chi connectivity index (χ2n) is 4.90. The fourth-order valence-electron chi connectivity index (χ4n) is 2.29. The predicted molar refractivity (Wildman–Crippen MR) is 77.7 cm³/mol. The van der Waals surface area contributed by atoms with Gasteiger partial charge in [-0.25, -0.2) is 9.97 Å². The molecule has 0 bridgehead atoms. The molecular formula is C16H15N3O. The van der Waals surface area contributed by atoms with Crippen LogP contribution in [-0.2, 0) is 13.5 Å². The van der Waals surface area contributed by atoms with Gasteiger partial charge < -0.3 is 4.57 Å². The summed E-state index contributed by atoms with van der Waals surface area (Å²) in [5.74, 6) is 0.746. The third kappa shape index (κ3) is 2.20. The van der Waals surface area contributed by atoms with Crippen LogP contribution in [0, 0.1) is 6.92 Å². The van der Waals surface area contributed by atoms with E-state index in [1.54, 1.807) is 6.20 Å². The highest BCUT2D eigenvalue weighted by Gasteiger charge is 2.13. The molecule has 100 valence electrons. The molecule has 0 amide bonds. The zero-order valence-electron chi connectivity index (χ0n) is 11.5. The van der Waals surface area contributed by atoms with Crippen molar-refractivity contribution in [2.45, 2.75) is 13.3 Å². The third-order valence-electron chi connectivity index (χ3n) is 3.45. The van der Waals surface area contributed by atoms with Gasteiger partial charge in [0.1, 0.15) is 11.5 Å². The van der Waals surface area contributed by atoms with Crippen molar-refractivity contribution in [3.05, 3.63) is 59.8 Å². The Labute approximate surface area is 117 Å². The van der Waals surface area contributed by atoms with Crippen LogP contribution < -0.4 is 0 Å². The second kappa shape index (κ2) is 4.89. The van der Waals surface area contributed by atoms with E-state index in [9.17, 15) is 4.79 Å². The molecule has 0 fully saturated rings. The second-order valence-corrected chi connectivity index (χ2v) is 4.90.